The summed E-state index contributed by atoms with van der Waals surface area (Å²) in [5, 5.41) is 6.77. The summed E-state index contributed by atoms with van der Waals surface area (Å²) in [5.74, 6) is 0.774. The topological polar surface area (TPSA) is 102 Å². The highest BCUT2D eigenvalue weighted by molar-refractivity contribution is 7.92. The van der Waals surface area contributed by atoms with Gasteiger partial charge in [-0.15, -0.1) is 0 Å². The second kappa shape index (κ2) is 5.22. The van der Waals surface area contributed by atoms with Crippen LogP contribution in [0.4, 0.5) is 11.8 Å². The highest BCUT2D eigenvalue weighted by atomic mass is 32.2. The van der Waals surface area contributed by atoms with Crippen LogP contribution in [0.1, 0.15) is 6.92 Å². The van der Waals surface area contributed by atoms with Gasteiger partial charge in [-0.25, -0.2) is 22.8 Å². The number of anilines is 2. The maximum absolute atomic E-state index is 12.1. The van der Waals surface area contributed by atoms with Gasteiger partial charge in [0.1, 0.15) is 17.0 Å². The number of aryl methyl sites for hydroxylation is 1. The van der Waals surface area contributed by atoms with Crippen molar-refractivity contribution in [1.82, 2.24) is 19.7 Å². The summed E-state index contributed by atoms with van der Waals surface area (Å²) in [6.07, 6.45) is 2.56. The molecular formula is C10H14N6O2S. The molecule has 2 N–H and O–H groups in total. The molecule has 9 heteroatoms. The normalized spacial score (nSPS) is 11.3. The molecule has 0 saturated heterocycles. The summed E-state index contributed by atoms with van der Waals surface area (Å²) in [4.78, 5) is 7.88. The van der Waals surface area contributed by atoms with E-state index in [2.05, 4.69) is 25.1 Å². The predicted molar refractivity (Wildman–Crippen MR) is 70.2 cm³/mol. The smallest absolute Gasteiger partial charge is 0.265 e. The Morgan fingerprint density at radius 1 is 1.32 bits per heavy atom. The third-order valence-corrected chi connectivity index (χ3v) is 3.65. The van der Waals surface area contributed by atoms with Crippen LogP contribution in [0, 0.1) is 0 Å². The van der Waals surface area contributed by atoms with Crippen LogP contribution in [-0.2, 0) is 17.1 Å². The van der Waals surface area contributed by atoms with Crippen molar-refractivity contribution in [3.05, 3.63) is 24.7 Å². The first-order chi connectivity index (χ1) is 9.03. The van der Waals surface area contributed by atoms with Gasteiger partial charge in [-0.05, 0) is 19.1 Å². The van der Waals surface area contributed by atoms with E-state index < -0.39 is 10.0 Å². The first-order valence-electron chi connectivity index (χ1n) is 5.59. The van der Waals surface area contributed by atoms with Crippen molar-refractivity contribution in [2.24, 2.45) is 7.05 Å². The Balaban J connectivity index is 2.22. The van der Waals surface area contributed by atoms with Crippen molar-refractivity contribution in [1.29, 1.82) is 0 Å². The second-order valence-electron chi connectivity index (χ2n) is 3.72. The Morgan fingerprint density at radius 2 is 2.11 bits per heavy atom. The van der Waals surface area contributed by atoms with Crippen LogP contribution < -0.4 is 10.0 Å². The molecule has 0 bridgehead atoms. The van der Waals surface area contributed by atoms with Gasteiger partial charge < -0.3 is 5.32 Å². The first kappa shape index (κ1) is 13.3. The van der Waals surface area contributed by atoms with Crippen molar-refractivity contribution in [2.75, 3.05) is 16.6 Å². The van der Waals surface area contributed by atoms with Gasteiger partial charge in [-0.3, -0.25) is 0 Å². The minimum Gasteiger partial charge on any atom is -0.370 e. The summed E-state index contributed by atoms with van der Waals surface area (Å²) >= 11 is 0. The zero-order valence-corrected chi connectivity index (χ0v) is 11.3. The van der Waals surface area contributed by atoms with Crippen LogP contribution >= 0.6 is 0 Å². The summed E-state index contributed by atoms with van der Waals surface area (Å²) < 4.78 is 27.8. The molecule has 0 radical (unpaired) electrons. The Labute approximate surface area is 110 Å². The lowest BCUT2D eigenvalue weighted by molar-refractivity contribution is 0.599. The average Bonchev–Trinajstić information content (AvgIpc) is 2.75. The summed E-state index contributed by atoms with van der Waals surface area (Å²) in [5.41, 5.74) is 0. The van der Waals surface area contributed by atoms with Crippen molar-refractivity contribution in [3.63, 3.8) is 0 Å². The molecule has 2 heterocycles. The van der Waals surface area contributed by atoms with Crippen LogP contribution in [0.3, 0.4) is 0 Å². The van der Waals surface area contributed by atoms with E-state index in [9.17, 15) is 8.42 Å². The van der Waals surface area contributed by atoms with Crippen LogP contribution in [0.5, 0.6) is 0 Å². The number of sulfonamides is 1. The fraction of sp³-hybridized carbons (Fsp3) is 0.300. The Kier molecular flexibility index (Phi) is 3.65. The molecule has 0 aliphatic rings. The lowest BCUT2D eigenvalue weighted by atomic mass is 10.4. The molecule has 0 atom stereocenters. The molecule has 0 aromatic carbocycles. The quantitative estimate of drug-likeness (QED) is 0.825. The molecular weight excluding hydrogens is 268 g/mol. The van der Waals surface area contributed by atoms with Gasteiger partial charge in [-0.2, -0.15) is 10.1 Å². The monoisotopic (exact) mass is 282 g/mol. The highest BCUT2D eigenvalue weighted by Gasteiger charge is 2.17. The third kappa shape index (κ3) is 2.99. The number of hydrogen-bond acceptors (Lipinski definition) is 6. The summed E-state index contributed by atoms with van der Waals surface area (Å²) in [6.45, 7) is 2.65. The first-order valence-corrected chi connectivity index (χ1v) is 7.08. The van der Waals surface area contributed by atoms with E-state index in [0.29, 0.717) is 5.82 Å². The van der Waals surface area contributed by atoms with Gasteiger partial charge in [-0.1, -0.05) is 0 Å². The van der Waals surface area contributed by atoms with E-state index in [-0.39, 0.29) is 10.8 Å². The largest absolute Gasteiger partial charge is 0.370 e. The molecule has 0 amide bonds. The molecule has 0 aliphatic carbocycles. The maximum atomic E-state index is 12.1. The Bertz CT molecular complexity index is 649. The fourth-order valence-electron chi connectivity index (χ4n) is 1.39. The van der Waals surface area contributed by atoms with E-state index in [1.807, 2.05) is 6.92 Å². The lowest BCUT2D eigenvalue weighted by Crippen LogP contribution is -2.16. The molecule has 8 nitrogen and oxygen atoms in total. The number of nitrogens with zero attached hydrogens (tertiary/aromatic N) is 4. The zero-order chi connectivity index (χ0) is 13.9. The fourth-order valence-corrected chi connectivity index (χ4v) is 2.37. The Morgan fingerprint density at radius 3 is 2.63 bits per heavy atom. The highest BCUT2D eigenvalue weighted by Crippen LogP contribution is 2.14. The SMILES string of the molecule is CCNc1ccc(S(=O)(=O)Nc2ncnn2C)cn1. The number of hydrogen-bond donors (Lipinski definition) is 2. The van der Waals surface area contributed by atoms with Gasteiger partial charge in [0, 0.05) is 19.8 Å². The third-order valence-electron chi connectivity index (χ3n) is 2.34. The summed E-state index contributed by atoms with van der Waals surface area (Å²) in [7, 11) is -2.11. The standard InChI is InChI=1S/C10H14N6O2S/c1-3-11-9-5-4-8(6-12-9)19(17,18)15-10-13-7-14-16(10)2/h4-7H,3H2,1-2H3,(H,11,12)(H,13,14,15). The predicted octanol–water partition coefficient (Wildman–Crippen LogP) is 0.443. The van der Waals surface area contributed by atoms with Crippen molar-refractivity contribution in [2.45, 2.75) is 11.8 Å². The molecule has 0 saturated carbocycles. The van der Waals surface area contributed by atoms with Crippen molar-refractivity contribution in [3.8, 4) is 0 Å². The van der Waals surface area contributed by atoms with Gasteiger partial charge in [0.25, 0.3) is 10.0 Å². The molecule has 0 unspecified atom stereocenters. The van der Waals surface area contributed by atoms with Crippen LogP contribution in [0.15, 0.2) is 29.6 Å². The lowest BCUT2D eigenvalue weighted by Gasteiger charge is -2.07. The molecule has 2 aromatic rings. The van der Waals surface area contributed by atoms with Crippen LogP contribution in [-0.4, -0.2) is 34.7 Å². The van der Waals surface area contributed by atoms with E-state index in [1.54, 1.807) is 13.1 Å². The maximum Gasteiger partial charge on any atom is 0.265 e. The van der Waals surface area contributed by atoms with Gasteiger partial charge in [0.15, 0.2) is 0 Å². The number of pyridine rings is 1. The number of aromatic nitrogens is 4. The molecule has 102 valence electrons. The summed E-state index contributed by atoms with van der Waals surface area (Å²) in [6, 6.07) is 3.08. The minimum atomic E-state index is -3.70. The molecule has 0 fully saturated rings. The van der Waals surface area contributed by atoms with Crippen molar-refractivity contribution < 1.29 is 8.42 Å². The molecule has 2 aromatic heterocycles. The van der Waals surface area contributed by atoms with E-state index in [4.69, 9.17) is 0 Å². The molecule has 19 heavy (non-hydrogen) atoms. The van der Waals surface area contributed by atoms with E-state index in [0.717, 1.165) is 6.54 Å². The van der Waals surface area contributed by atoms with E-state index >= 15 is 0 Å². The number of nitrogens with one attached hydrogen (secondary N) is 2. The molecule has 0 spiro atoms. The minimum absolute atomic E-state index is 0.0668. The van der Waals surface area contributed by atoms with Gasteiger partial charge in [0.05, 0.1) is 0 Å². The second-order valence-corrected chi connectivity index (χ2v) is 5.40. The zero-order valence-electron chi connectivity index (χ0n) is 10.5. The molecule has 0 aliphatic heterocycles. The van der Waals surface area contributed by atoms with Crippen molar-refractivity contribution >= 4 is 21.8 Å². The van der Waals surface area contributed by atoms with Crippen LogP contribution in [0.2, 0.25) is 0 Å². The number of rotatable bonds is 5. The Hall–Kier alpha value is -2.16. The van der Waals surface area contributed by atoms with Gasteiger partial charge in [0.2, 0.25) is 5.95 Å². The van der Waals surface area contributed by atoms with Gasteiger partial charge >= 0.3 is 0 Å². The van der Waals surface area contributed by atoms with Crippen LogP contribution in [0.25, 0.3) is 0 Å². The average molecular weight is 282 g/mol. The molecule has 2 rings (SSSR count). The van der Waals surface area contributed by atoms with E-state index in [1.165, 1.54) is 23.3 Å².